The summed E-state index contributed by atoms with van der Waals surface area (Å²) in [6.45, 7) is 0. The highest BCUT2D eigenvalue weighted by Gasteiger charge is 2.22. The first kappa shape index (κ1) is 36.4. The Kier molecular flexibility index (Phi) is 8.79. The average Bonchev–Trinajstić information content (AvgIpc) is 3.74. The van der Waals surface area contributed by atoms with E-state index in [4.69, 9.17) is 19.4 Å². The van der Waals surface area contributed by atoms with E-state index < -0.39 is 0 Å². The van der Waals surface area contributed by atoms with Gasteiger partial charge < -0.3 is 4.42 Å². The fraction of sp³-hybridized carbons (Fsp3) is 0. The molecular formula is C59H37N3O. The number of benzene rings is 9. The summed E-state index contributed by atoms with van der Waals surface area (Å²) in [4.78, 5) is 15.6. The Morgan fingerprint density at radius 1 is 0.286 bits per heavy atom. The van der Waals surface area contributed by atoms with E-state index in [1.54, 1.807) is 0 Å². The van der Waals surface area contributed by atoms with Gasteiger partial charge in [-0.15, -0.1) is 0 Å². The Morgan fingerprint density at radius 2 is 0.794 bits per heavy atom. The molecular weight excluding hydrogens is 767 g/mol. The van der Waals surface area contributed by atoms with E-state index in [0.29, 0.717) is 5.82 Å². The second kappa shape index (κ2) is 15.2. The minimum atomic E-state index is 0.679. The molecule has 12 aromatic rings. The summed E-state index contributed by atoms with van der Waals surface area (Å²) in [5.74, 6) is 0.679. The summed E-state index contributed by atoms with van der Waals surface area (Å²) in [7, 11) is 0. The molecule has 12 rings (SSSR count). The monoisotopic (exact) mass is 803 g/mol. The first-order valence-corrected chi connectivity index (χ1v) is 21.3. The molecule has 294 valence electrons. The highest BCUT2D eigenvalue weighted by Crippen LogP contribution is 2.47. The standard InChI is InChI=1S/C59H37N3O/c1-4-15-38(16-5-1)39-27-31-42(32-28-39)52-37-51(41-17-6-2-7-18-41)61-59(62-52)44-33-29-40(30-34-44)45-21-14-22-46(35-45)55-56-47-23-10-12-25-50(47)60-58(43-19-8-3-9-20-43)49(56)36-54-57(55)48-24-11-13-26-53(48)63-54/h1-37H. The van der Waals surface area contributed by atoms with E-state index in [1.807, 2.05) is 36.4 Å². The predicted molar refractivity (Wildman–Crippen MR) is 260 cm³/mol. The highest BCUT2D eigenvalue weighted by atomic mass is 16.3. The zero-order valence-electron chi connectivity index (χ0n) is 34.1. The van der Waals surface area contributed by atoms with Gasteiger partial charge in [-0.05, 0) is 58.1 Å². The lowest BCUT2D eigenvalue weighted by molar-refractivity contribution is 0.669. The van der Waals surface area contributed by atoms with Crippen LogP contribution in [0.25, 0.3) is 122 Å². The van der Waals surface area contributed by atoms with Gasteiger partial charge in [-0.2, -0.15) is 0 Å². The Morgan fingerprint density at radius 3 is 1.51 bits per heavy atom. The number of para-hydroxylation sites is 2. The summed E-state index contributed by atoms with van der Waals surface area (Å²) in [6.07, 6.45) is 0. The lowest BCUT2D eigenvalue weighted by Crippen LogP contribution is -1.96. The largest absolute Gasteiger partial charge is 0.456 e. The molecule has 0 unspecified atom stereocenters. The number of aromatic nitrogens is 3. The third-order valence-corrected chi connectivity index (χ3v) is 12.1. The number of hydrogen-bond donors (Lipinski definition) is 0. The number of rotatable bonds is 7. The van der Waals surface area contributed by atoms with Crippen molar-refractivity contribution in [2.45, 2.75) is 0 Å². The van der Waals surface area contributed by atoms with Crippen molar-refractivity contribution in [3.8, 4) is 78.5 Å². The van der Waals surface area contributed by atoms with Gasteiger partial charge in [0.05, 0.1) is 22.6 Å². The smallest absolute Gasteiger partial charge is 0.160 e. The lowest BCUT2D eigenvalue weighted by Gasteiger charge is -2.16. The van der Waals surface area contributed by atoms with Gasteiger partial charge in [-0.3, -0.25) is 0 Å². The van der Waals surface area contributed by atoms with Gasteiger partial charge in [-0.1, -0.05) is 194 Å². The number of fused-ring (bicyclic) bond motifs is 6. The second-order valence-corrected chi connectivity index (χ2v) is 15.9. The molecule has 0 aliphatic rings. The minimum Gasteiger partial charge on any atom is -0.456 e. The molecule has 0 bridgehead atoms. The van der Waals surface area contributed by atoms with Gasteiger partial charge in [0.2, 0.25) is 0 Å². The Hall–Kier alpha value is -8.47. The van der Waals surface area contributed by atoms with Crippen LogP contribution in [0.3, 0.4) is 0 Å². The van der Waals surface area contributed by atoms with E-state index in [1.165, 1.54) is 11.1 Å². The topological polar surface area (TPSA) is 51.8 Å². The molecule has 0 aliphatic carbocycles. The maximum absolute atomic E-state index is 6.65. The second-order valence-electron chi connectivity index (χ2n) is 15.9. The van der Waals surface area contributed by atoms with Crippen molar-refractivity contribution in [1.82, 2.24) is 15.0 Å². The van der Waals surface area contributed by atoms with Crippen LogP contribution in [-0.4, -0.2) is 15.0 Å². The third kappa shape index (κ3) is 6.53. The van der Waals surface area contributed by atoms with Crippen LogP contribution in [0.4, 0.5) is 0 Å². The highest BCUT2D eigenvalue weighted by molar-refractivity contribution is 6.27. The summed E-state index contributed by atoms with van der Waals surface area (Å²) in [6, 6.07) is 78.5. The molecule has 0 N–H and O–H groups in total. The molecule has 0 atom stereocenters. The first-order chi connectivity index (χ1) is 31.2. The van der Waals surface area contributed by atoms with Crippen LogP contribution >= 0.6 is 0 Å². The summed E-state index contributed by atoms with van der Waals surface area (Å²) < 4.78 is 6.65. The minimum absolute atomic E-state index is 0.679. The molecule has 4 heteroatoms. The van der Waals surface area contributed by atoms with Gasteiger partial charge >= 0.3 is 0 Å². The Bertz CT molecular complexity index is 3640. The number of nitrogens with zero attached hydrogens (tertiary/aromatic N) is 3. The van der Waals surface area contributed by atoms with Crippen LogP contribution in [0.1, 0.15) is 0 Å². The number of pyridine rings is 1. The van der Waals surface area contributed by atoms with E-state index in [0.717, 1.165) is 105 Å². The number of furan rings is 1. The summed E-state index contributed by atoms with van der Waals surface area (Å²) in [5.41, 5.74) is 16.2. The Balaban J connectivity index is 0.989. The van der Waals surface area contributed by atoms with Gasteiger partial charge in [0, 0.05) is 54.7 Å². The fourth-order valence-corrected chi connectivity index (χ4v) is 9.03. The van der Waals surface area contributed by atoms with Crippen LogP contribution in [0.5, 0.6) is 0 Å². The van der Waals surface area contributed by atoms with Crippen LogP contribution in [0, 0.1) is 0 Å². The van der Waals surface area contributed by atoms with Crippen LogP contribution in [-0.2, 0) is 0 Å². The predicted octanol–water partition coefficient (Wildman–Crippen LogP) is 15.7. The molecule has 0 saturated carbocycles. The van der Waals surface area contributed by atoms with Gasteiger partial charge in [0.25, 0.3) is 0 Å². The van der Waals surface area contributed by atoms with Crippen molar-refractivity contribution >= 4 is 43.6 Å². The molecule has 3 heterocycles. The molecule has 0 aliphatic heterocycles. The summed E-state index contributed by atoms with van der Waals surface area (Å²) in [5, 5.41) is 5.51. The van der Waals surface area contributed by atoms with Crippen molar-refractivity contribution in [2.75, 3.05) is 0 Å². The normalized spacial score (nSPS) is 11.5. The lowest BCUT2D eigenvalue weighted by atomic mass is 9.88. The van der Waals surface area contributed by atoms with E-state index in [-0.39, 0.29) is 0 Å². The molecule has 3 aromatic heterocycles. The zero-order valence-corrected chi connectivity index (χ0v) is 34.1. The third-order valence-electron chi connectivity index (χ3n) is 12.1. The number of hydrogen-bond acceptors (Lipinski definition) is 4. The Labute approximate surface area is 364 Å². The maximum atomic E-state index is 6.65. The zero-order chi connectivity index (χ0) is 41.7. The average molecular weight is 804 g/mol. The quantitative estimate of drug-likeness (QED) is 0.151. The van der Waals surface area contributed by atoms with Crippen LogP contribution in [0.2, 0.25) is 0 Å². The molecule has 0 fully saturated rings. The molecule has 0 amide bonds. The van der Waals surface area contributed by atoms with Crippen molar-refractivity contribution < 1.29 is 4.42 Å². The van der Waals surface area contributed by atoms with E-state index in [2.05, 4.69) is 188 Å². The maximum Gasteiger partial charge on any atom is 0.160 e. The van der Waals surface area contributed by atoms with Gasteiger partial charge in [-0.25, -0.2) is 15.0 Å². The molecule has 0 spiro atoms. The van der Waals surface area contributed by atoms with Crippen molar-refractivity contribution in [2.24, 2.45) is 0 Å². The van der Waals surface area contributed by atoms with Gasteiger partial charge in [0.1, 0.15) is 11.2 Å². The molecule has 4 nitrogen and oxygen atoms in total. The van der Waals surface area contributed by atoms with Gasteiger partial charge in [0.15, 0.2) is 5.82 Å². The summed E-state index contributed by atoms with van der Waals surface area (Å²) >= 11 is 0. The fourth-order valence-electron chi connectivity index (χ4n) is 9.03. The van der Waals surface area contributed by atoms with Crippen LogP contribution < -0.4 is 0 Å². The van der Waals surface area contributed by atoms with Crippen molar-refractivity contribution in [3.05, 3.63) is 224 Å². The van der Waals surface area contributed by atoms with Crippen molar-refractivity contribution in [3.63, 3.8) is 0 Å². The molecule has 0 radical (unpaired) electrons. The van der Waals surface area contributed by atoms with Crippen molar-refractivity contribution in [1.29, 1.82) is 0 Å². The molecule has 9 aromatic carbocycles. The van der Waals surface area contributed by atoms with Crippen LogP contribution in [0.15, 0.2) is 229 Å². The van der Waals surface area contributed by atoms with E-state index in [9.17, 15) is 0 Å². The first-order valence-electron chi connectivity index (χ1n) is 21.3. The SMILES string of the molecule is c1ccc(-c2ccc(-c3cc(-c4ccccc4)nc(-c4ccc(-c5cccc(-c6c7c(cc8c(-c9ccccc9)nc9ccccc9c68)oc6ccccc67)c5)cc4)n3)cc2)cc1. The van der Waals surface area contributed by atoms with E-state index >= 15 is 0 Å². The molecule has 0 saturated heterocycles. The molecule has 63 heavy (non-hydrogen) atoms.